The topological polar surface area (TPSA) is 55.4 Å². The summed E-state index contributed by atoms with van der Waals surface area (Å²) < 4.78 is 4.74. The Bertz CT molecular complexity index is 477. The van der Waals surface area contributed by atoms with Crippen molar-refractivity contribution in [2.24, 2.45) is 5.41 Å². The fraction of sp³-hybridized carbons (Fsp3) is 0.467. The smallest absolute Gasteiger partial charge is 0.328 e. The van der Waals surface area contributed by atoms with E-state index in [-0.39, 0.29) is 5.91 Å². The second-order valence-electron chi connectivity index (χ2n) is 5.63. The summed E-state index contributed by atoms with van der Waals surface area (Å²) in [6, 6.07) is 6.43. The molecule has 0 aliphatic heterocycles. The number of esters is 1. The van der Waals surface area contributed by atoms with Crippen LogP contribution in [0.3, 0.4) is 0 Å². The molecule has 0 saturated heterocycles. The Labute approximate surface area is 124 Å². The number of ether oxygens (including phenoxy) is 1. The second kappa shape index (κ2) is 6.75. The van der Waals surface area contributed by atoms with Crippen molar-refractivity contribution in [1.29, 1.82) is 0 Å². The summed E-state index contributed by atoms with van der Waals surface area (Å²) in [6.45, 7) is 5.37. The van der Waals surface area contributed by atoms with E-state index in [9.17, 15) is 9.59 Å². The van der Waals surface area contributed by atoms with Crippen molar-refractivity contribution in [3.05, 3.63) is 34.9 Å². The van der Waals surface area contributed by atoms with E-state index in [2.05, 4.69) is 5.32 Å². The predicted octanol–water partition coefficient (Wildman–Crippen LogP) is 2.59. The predicted molar refractivity (Wildman–Crippen MR) is 78.6 cm³/mol. The quantitative estimate of drug-likeness (QED) is 0.869. The van der Waals surface area contributed by atoms with Crippen LogP contribution in [0, 0.1) is 5.41 Å². The lowest BCUT2D eigenvalue weighted by Crippen LogP contribution is -2.47. The van der Waals surface area contributed by atoms with Gasteiger partial charge in [-0.3, -0.25) is 4.79 Å². The van der Waals surface area contributed by atoms with Gasteiger partial charge in [-0.05, 0) is 17.7 Å². The molecule has 20 heavy (non-hydrogen) atoms. The molecular weight excluding hydrogens is 278 g/mol. The Morgan fingerprint density at radius 1 is 1.25 bits per heavy atom. The van der Waals surface area contributed by atoms with Crippen LogP contribution in [0.5, 0.6) is 0 Å². The van der Waals surface area contributed by atoms with Crippen LogP contribution >= 0.6 is 11.6 Å². The number of carbonyl (C=O) groups is 2. The zero-order valence-corrected chi connectivity index (χ0v) is 13.0. The van der Waals surface area contributed by atoms with Gasteiger partial charge in [0.2, 0.25) is 5.91 Å². The molecule has 1 atom stereocenters. The molecule has 0 unspecified atom stereocenters. The largest absolute Gasteiger partial charge is 0.467 e. The van der Waals surface area contributed by atoms with Gasteiger partial charge in [0.15, 0.2) is 0 Å². The van der Waals surface area contributed by atoms with E-state index >= 15 is 0 Å². The maximum Gasteiger partial charge on any atom is 0.328 e. The fourth-order valence-electron chi connectivity index (χ4n) is 1.57. The number of nitrogens with one attached hydrogen (secondary N) is 1. The molecule has 1 aromatic carbocycles. The van der Waals surface area contributed by atoms with E-state index in [0.29, 0.717) is 11.4 Å². The Kier molecular flexibility index (Phi) is 5.57. The molecule has 5 heteroatoms. The summed E-state index contributed by atoms with van der Waals surface area (Å²) >= 11 is 5.82. The Balaban J connectivity index is 2.82. The maximum absolute atomic E-state index is 12.0. The van der Waals surface area contributed by atoms with Gasteiger partial charge in [-0.1, -0.05) is 44.5 Å². The monoisotopic (exact) mass is 297 g/mol. The van der Waals surface area contributed by atoms with Crippen LogP contribution in [0.15, 0.2) is 24.3 Å². The van der Waals surface area contributed by atoms with Crippen molar-refractivity contribution < 1.29 is 14.3 Å². The van der Waals surface area contributed by atoms with Crippen LogP contribution in [-0.2, 0) is 20.7 Å². The molecule has 0 bridgehead atoms. The zero-order valence-electron chi connectivity index (χ0n) is 12.2. The van der Waals surface area contributed by atoms with Gasteiger partial charge in [-0.2, -0.15) is 0 Å². The number of hydrogen-bond acceptors (Lipinski definition) is 3. The number of methoxy groups -OCH3 is 1. The Morgan fingerprint density at radius 3 is 2.25 bits per heavy atom. The minimum atomic E-state index is -0.701. The lowest BCUT2D eigenvalue weighted by molar-refractivity contribution is -0.146. The summed E-state index contributed by atoms with van der Waals surface area (Å²) in [7, 11) is 1.31. The Hall–Kier alpha value is -1.55. The van der Waals surface area contributed by atoms with Crippen LogP contribution in [0.2, 0.25) is 5.02 Å². The molecule has 0 aromatic heterocycles. The minimum Gasteiger partial charge on any atom is -0.467 e. The van der Waals surface area contributed by atoms with Crippen molar-refractivity contribution in [1.82, 2.24) is 5.32 Å². The van der Waals surface area contributed by atoms with Gasteiger partial charge in [-0.25, -0.2) is 4.79 Å². The summed E-state index contributed by atoms with van der Waals surface area (Å²) in [4.78, 5) is 23.8. The van der Waals surface area contributed by atoms with E-state index in [1.54, 1.807) is 32.9 Å². The number of carbonyl (C=O) groups excluding carboxylic acids is 2. The first-order valence-electron chi connectivity index (χ1n) is 6.37. The third-order valence-corrected chi connectivity index (χ3v) is 3.08. The van der Waals surface area contributed by atoms with Crippen molar-refractivity contribution >= 4 is 23.5 Å². The molecule has 0 fully saturated rings. The molecule has 0 heterocycles. The lowest BCUT2D eigenvalue weighted by atomic mass is 9.94. The number of hydrogen-bond donors (Lipinski definition) is 1. The van der Waals surface area contributed by atoms with Gasteiger partial charge < -0.3 is 10.1 Å². The van der Waals surface area contributed by atoms with Crippen molar-refractivity contribution in [3.63, 3.8) is 0 Å². The summed E-state index contributed by atoms with van der Waals surface area (Å²) in [5.74, 6) is -0.653. The normalized spacial score (nSPS) is 12.7. The first-order valence-corrected chi connectivity index (χ1v) is 6.75. The molecule has 1 aromatic rings. The highest BCUT2D eigenvalue weighted by molar-refractivity contribution is 6.30. The van der Waals surface area contributed by atoms with E-state index < -0.39 is 17.4 Å². The lowest BCUT2D eigenvalue weighted by Gasteiger charge is -2.23. The van der Waals surface area contributed by atoms with Gasteiger partial charge in [0.25, 0.3) is 0 Å². The highest BCUT2D eigenvalue weighted by Gasteiger charge is 2.28. The van der Waals surface area contributed by atoms with Crippen molar-refractivity contribution in [2.45, 2.75) is 33.2 Å². The molecule has 1 N–H and O–H groups in total. The van der Waals surface area contributed by atoms with Gasteiger partial charge in [0.05, 0.1) is 7.11 Å². The van der Waals surface area contributed by atoms with Crippen LogP contribution in [-0.4, -0.2) is 25.0 Å². The number of benzene rings is 1. The molecule has 0 spiro atoms. The summed E-state index contributed by atoms with van der Waals surface area (Å²) in [5.41, 5.74) is 0.339. The maximum atomic E-state index is 12.0. The number of amides is 1. The molecule has 0 saturated carbocycles. The Morgan fingerprint density at radius 2 is 1.80 bits per heavy atom. The van der Waals surface area contributed by atoms with Crippen LogP contribution < -0.4 is 5.32 Å². The number of halogens is 1. The highest BCUT2D eigenvalue weighted by atomic mass is 35.5. The van der Waals surface area contributed by atoms with E-state index in [4.69, 9.17) is 16.3 Å². The van der Waals surface area contributed by atoms with Crippen LogP contribution in [0.25, 0.3) is 0 Å². The fourth-order valence-corrected chi connectivity index (χ4v) is 1.69. The molecule has 1 amide bonds. The molecular formula is C15H20ClNO3. The molecule has 1 rings (SSSR count). The molecule has 0 radical (unpaired) electrons. The van der Waals surface area contributed by atoms with Gasteiger partial charge in [-0.15, -0.1) is 0 Å². The zero-order chi connectivity index (χ0) is 15.3. The third kappa shape index (κ3) is 4.85. The second-order valence-corrected chi connectivity index (χ2v) is 6.07. The van der Waals surface area contributed by atoms with Crippen molar-refractivity contribution in [2.75, 3.05) is 7.11 Å². The van der Waals surface area contributed by atoms with Crippen LogP contribution in [0.1, 0.15) is 26.3 Å². The molecule has 0 aliphatic rings. The molecule has 4 nitrogen and oxygen atoms in total. The third-order valence-electron chi connectivity index (χ3n) is 2.83. The van der Waals surface area contributed by atoms with E-state index in [1.807, 2.05) is 12.1 Å². The SMILES string of the molecule is COC(=O)[C@@H](Cc1ccc(Cl)cc1)NC(=O)C(C)(C)C. The summed E-state index contributed by atoms with van der Waals surface area (Å²) in [6.07, 6.45) is 0.367. The van der Waals surface area contributed by atoms with Gasteiger partial charge >= 0.3 is 5.97 Å². The van der Waals surface area contributed by atoms with E-state index in [1.165, 1.54) is 7.11 Å². The van der Waals surface area contributed by atoms with Crippen LogP contribution in [0.4, 0.5) is 0 Å². The van der Waals surface area contributed by atoms with E-state index in [0.717, 1.165) is 5.56 Å². The average Bonchev–Trinajstić information content (AvgIpc) is 2.38. The van der Waals surface area contributed by atoms with Gasteiger partial charge in [0.1, 0.15) is 6.04 Å². The van der Waals surface area contributed by atoms with Crippen molar-refractivity contribution in [3.8, 4) is 0 Å². The highest BCUT2D eigenvalue weighted by Crippen LogP contribution is 2.15. The first-order chi connectivity index (χ1) is 9.24. The average molecular weight is 298 g/mol. The molecule has 110 valence electrons. The standard InChI is InChI=1S/C15H20ClNO3/c1-15(2,3)14(19)17-12(13(18)20-4)9-10-5-7-11(16)8-6-10/h5-8,12H,9H2,1-4H3,(H,17,19)/t12-/m1/s1. The first kappa shape index (κ1) is 16.5. The number of rotatable bonds is 4. The molecule has 0 aliphatic carbocycles. The van der Waals surface area contributed by atoms with Gasteiger partial charge in [0, 0.05) is 16.9 Å². The summed E-state index contributed by atoms with van der Waals surface area (Å²) in [5, 5.41) is 3.35. The minimum absolute atomic E-state index is 0.193.